The Hall–Kier alpha value is -4.18. The van der Waals surface area contributed by atoms with Gasteiger partial charge < -0.3 is 19.7 Å². The highest BCUT2D eigenvalue weighted by molar-refractivity contribution is 6.34. The first kappa shape index (κ1) is 30.8. The summed E-state index contributed by atoms with van der Waals surface area (Å²) < 4.78 is 13.2. The van der Waals surface area contributed by atoms with E-state index in [1.807, 2.05) is 80.7 Å². The first-order chi connectivity index (χ1) is 21.8. The number of anilines is 1. The molecule has 0 unspecified atom stereocenters. The highest BCUT2D eigenvalue weighted by atomic mass is 16.7. The van der Waals surface area contributed by atoms with E-state index in [4.69, 9.17) is 9.47 Å². The van der Waals surface area contributed by atoms with E-state index in [1.54, 1.807) is 36.4 Å². The zero-order valence-corrected chi connectivity index (χ0v) is 25.6. The smallest absolute Gasteiger partial charge is 0.266 e. The van der Waals surface area contributed by atoms with Gasteiger partial charge in [-0.15, -0.1) is 0 Å². The number of fused-ring (bicyclic) bond motifs is 1. The number of aliphatic hydroxyl groups excluding tert-OH is 2. The third-order valence-electron chi connectivity index (χ3n) is 9.10. The van der Waals surface area contributed by atoms with Gasteiger partial charge in [-0.05, 0) is 54.9 Å². The molecule has 4 aromatic carbocycles. The Bertz CT molecular complexity index is 1610. The molecule has 0 spiro atoms. The van der Waals surface area contributed by atoms with Crippen LogP contribution in [-0.2, 0) is 16.1 Å². The molecule has 1 saturated heterocycles. The van der Waals surface area contributed by atoms with Crippen LogP contribution in [-0.4, -0.2) is 52.7 Å². The largest absolute Gasteiger partial charge is 0.392 e. The molecule has 0 saturated carbocycles. The van der Waals surface area contributed by atoms with Crippen LogP contribution >= 0.6 is 0 Å². The molecule has 2 aliphatic heterocycles. The number of hydrogen-bond donors (Lipinski definition) is 2. The van der Waals surface area contributed by atoms with Crippen molar-refractivity contribution in [3.63, 3.8) is 0 Å². The van der Waals surface area contributed by atoms with Gasteiger partial charge in [0, 0.05) is 24.1 Å². The third kappa shape index (κ3) is 6.08. The van der Waals surface area contributed by atoms with Crippen LogP contribution in [0.1, 0.15) is 75.3 Å². The van der Waals surface area contributed by atoms with E-state index in [2.05, 4.69) is 11.8 Å². The van der Waals surface area contributed by atoms with E-state index in [9.17, 15) is 19.8 Å². The molecule has 45 heavy (non-hydrogen) atoms. The van der Waals surface area contributed by atoms with Crippen molar-refractivity contribution in [3.05, 3.63) is 137 Å². The van der Waals surface area contributed by atoms with Crippen LogP contribution in [0.5, 0.6) is 0 Å². The van der Waals surface area contributed by atoms with Crippen molar-refractivity contribution < 1.29 is 29.3 Å². The van der Waals surface area contributed by atoms with Crippen molar-refractivity contribution in [1.82, 2.24) is 4.90 Å². The molecule has 0 aromatic heterocycles. The van der Waals surface area contributed by atoms with Gasteiger partial charge in [-0.3, -0.25) is 14.5 Å². The number of ether oxygens (including phenoxy) is 2. The Morgan fingerprint density at radius 3 is 1.98 bits per heavy atom. The highest BCUT2D eigenvalue weighted by Crippen LogP contribution is 2.42. The fourth-order valence-corrected chi connectivity index (χ4v) is 6.15. The van der Waals surface area contributed by atoms with Crippen LogP contribution in [0.2, 0.25) is 0 Å². The predicted molar refractivity (Wildman–Crippen MR) is 170 cm³/mol. The molecule has 8 nitrogen and oxygen atoms in total. The van der Waals surface area contributed by atoms with Gasteiger partial charge in [0.2, 0.25) is 0 Å². The van der Waals surface area contributed by atoms with E-state index >= 15 is 0 Å². The highest BCUT2D eigenvalue weighted by Gasteiger charge is 2.40. The summed E-state index contributed by atoms with van der Waals surface area (Å²) in [5, 5.41) is 20.7. The van der Waals surface area contributed by atoms with Gasteiger partial charge in [-0.25, -0.2) is 4.90 Å². The lowest BCUT2D eigenvalue weighted by Gasteiger charge is -2.43. The number of hydrogen-bond acceptors (Lipinski definition) is 7. The number of likely N-dealkylation sites (N-methyl/N-ethyl adjacent to an activating group) is 1. The lowest BCUT2D eigenvalue weighted by Crippen LogP contribution is -2.46. The second-order valence-electron chi connectivity index (χ2n) is 11.9. The summed E-state index contributed by atoms with van der Waals surface area (Å²) in [5.41, 5.74) is 4.67. The molecule has 0 aliphatic carbocycles. The maximum absolute atomic E-state index is 13.0. The molecule has 8 heteroatoms. The monoisotopic (exact) mass is 606 g/mol. The number of aliphatic hydroxyl groups is 2. The van der Waals surface area contributed by atoms with Crippen molar-refractivity contribution in [2.75, 3.05) is 18.5 Å². The van der Waals surface area contributed by atoms with Crippen LogP contribution in [0.25, 0.3) is 0 Å². The number of rotatable bonds is 9. The Balaban J connectivity index is 1.25. The lowest BCUT2D eigenvalue weighted by atomic mass is 9.89. The van der Waals surface area contributed by atoms with Crippen molar-refractivity contribution in [2.45, 2.75) is 51.1 Å². The first-order valence-corrected chi connectivity index (χ1v) is 15.3. The molecule has 1 fully saturated rings. The second-order valence-corrected chi connectivity index (χ2v) is 11.9. The number of benzene rings is 4. The Kier molecular flexibility index (Phi) is 8.94. The average molecular weight is 607 g/mol. The molecule has 0 bridgehead atoms. The van der Waals surface area contributed by atoms with Gasteiger partial charge in [0.25, 0.3) is 11.8 Å². The molecule has 4 aromatic rings. The van der Waals surface area contributed by atoms with E-state index in [0.717, 1.165) is 22.3 Å². The molecule has 2 N–H and O–H groups in total. The van der Waals surface area contributed by atoms with Crippen LogP contribution in [0, 0.1) is 5.92 Å². The lowest BCUT2D eigenvalue weighted by molar-refractivity contribution is -0.276. The third-order valence-corrected chi connectivity index (χ3v) is 9.10. The summed E-state index contributed by atoms with van der Waals surface area (Å²) in [5.74, 6) is -0.727. The number of nitrogens with zero attached hydrogens (tertiary/aromatic N) is 2. The van der Waals surface area contributed by atoms with Gasteiger partial charge in [-0.2, -0.15) is 0 Å². The van der Waals surface area contributed by atoms with Crippen molar-refractivity contribution in [2.24, 2.45) is 5.92 Å². The quantitative estimate of drug-likeness (QED) is 0.232. The molecule has 6 atom stereocenters. The summed E-state index contributed by atoms with van der Waals surface area (Å²) >= 11 is 0. The van der Waals surface area contributed by atoms with E-state index in [1.165, 1.54) is 4.90 Å². The fraction of sp³-hybridized carbons (Fsp3) is 0.297. The SMILES string of the molecule is C[C@@H]1[C@H](CN(C)[C@@H](C)[C@H](O)c2ccccc2)O[C@H](c2ccc(N3C(=O)c4ccccc4C3=O)cc2)O[C@@H]1c1ccc(CO)cc1. The van der Waals surface area contributed by atoms with Gasteiger partial charge in [-0.1, -0.05) is 85.8 Å². The molecule has 6 rings (SSSR count). The topological polar surface area (TPSA) is 99.5 Å². The van der Waals surface area contributed by atoms with Crippen molar-refractivity contribution >= 4 is 17.5 Å². The minimum Gasteiger partial charge on any atom is -0.392 e. The zero-order chi connectivity index (χ0) is 31.7. The minimum atomic E-state index is -0.715. The summed E-state index contributed by atoms with van der Waals surface area (Å²) in [6.45, 7) is 4.61. The summed E-state index contributed by atoms with van der Waals surface area (Å²) in [7, 11) is 1.99. The van der Waals surface area contributed by atoms with E-state index in [0.29, 0.717) is 23.4 Å². The van der Waals surface area contributed by atoms with Crippen molar-refractivity contribution in [3.8, 4) is 0 Å². The maximum Gasteiger partial charge on any atom is 0.266 e. The molecular formula is C37H38N2O6. The first-order valence-electron chi connectivity index (χ1n) is 15.3. The summed E-state index contributed by atoms with van der Waals surface area (Å²) in [6, 6.07) is 31.2. The van der Waals surface area contributed by atoms with E-state index in [-0.39, 0.29) is 42.6 Å². The van der Waals surface area contributed by atoms with Crippen molar-refractivity contribution in [1.29, 1.82) is 0 Å². The van der Waals surface area contributed by atoms with Gasteiger partial charge in [0.05, 0.1) is 41.7 Å². The van der Waals surface area contributed by atoms with Crippen LogP contribution in [0.15, 0.2) is 103 Å². The van der Waals surface area contributed by atoms with Crippen LogP contribution in [0.4, 0.5) is 5.69 Å². The molecular weight excluding hydrogens is 568 g/mol. The van der Waals surface area contributed by atoms with Gasteiger partial charge in [0.1, 0.15) is 0 Å². The number of amides is 2. The van der Waals surface area contributed by atoms with Crippen LogP contribution < -0.4 is 4.90 Å². The minimum absolute atomic E-state index is 0.0395. The summed E-state index contributed by atoms with van der Waals surface area (Å²) in [6.07, 6.45) is -1.94. The Morgan fingerprint density at radius 2 is 1.38 bits per heavy atom. The molecule has 2 heterocycles. The normalized spacial score (nSPS) is 22.8. The summed E-state index contributed by atoms with van der Waals surface area (Å²) in [4.78, 5) is 29.4. The average Bonchev–Trinajstić information content (AvgIpc) is 3.34. The standard InChI is InChI=1S/C37H38N2O6/c1-23-32(21-38(3)24(2)33(41)26-9-5-4-6-10-26)44-37(45-34(23)27-15-13-25(22-40)14-16-27)28-17-19-29(20-18-28)39-35(42)30-11-7-8-12-31(30)36(39)43/h4-20,23-24,32-34,37,40-41H,21-22H2,1-3H3/t23-,24+,32+,33+,34+,37+/m1/s1. The number of imide groups is 1. The second kappa shape index (κ2) is 13.0. The molecule has 2 amide bonds. The number of carbonyl (C=O) groups is 2. The predicted octanol–water partition coefficient (Wildman–Crippen LogP) is 5.82. The van der Waals surface area contributed by atoms with Gasteiger partial charge in [0.15, 0.2) is 6.29 Å². The van der Waals surface area contributed by atoms with Gasteiger partial charge >= 0.3 is 0 Å². The zero-order valence-electron chi connectivity index (χ0n) is 25.6. The molecule has 232 valence electrons. The Morgan fingerprint density at radius 1 is 0.800 bits per heavy atom. The fourth-order valence-electron chi connectivity index (χ4n) is 6.15. The van der Waals surface area contributed by atoms with Crippen LogP contribution in [0.3, 0.4) is 0 Å². The number of carbonyl (C=O) groups excluding carboxylic acids is 2. The molecule has 0 radical (unpaired) electrons. The molecule has 2 aliphatic rings. The van der Waals surface area contributed by atoms with E-state index < -0.39 is 12.4 Å². The Labute approximate surface area is 263 Å². The maximum atomic E-state index is 13.0.